The van der Waals surface area contributed by atoms with Crippen LogP contribution in [0, 0.1) is 0 Å². The second kappa shape index (κ2) is 5.32. The van der Waals surface area contributed by atoms with Gasteiger partial charge in [-0.15, -0.1) is 11.3 Å². The first-order valence-corrected chi connectivity index (χ1v) is 4.86. The number of isocyanates is 1. The molecule has 0 amide bonds. The Morgan fingerprint density at radius 2 is 2.50 bits per heavy atom. The van der Waals surface area contributed by atoms with E-state index in [0.717, 1.165) is 5.56 Å². The smallest absolute Gasteiger partial charge is 0.348 e. The summed E-state index contributed by atoms with van der Waals surface area (Å²) < 4.78 is 4.61. The van der Waals surface area contributed by atoms with Crippen molar-refractivity contribution in [2.75, 3.05) is 13.7 Å². The number of aliphatic imine (C=N–C) groups is 1. The molecule has 0 atom stereocenters. The monoisotopic (exact) mass is 211 g/mol. The Balaban J connectivity index is 2.71. The number of thiophene rings is 1. The van der Waals surface area contributed by atoms with Crippen molar-refractivity contribution < 1.29 is 14.3 Å². The van der Waals surface area contributed by atoms with Crippen molar-refractivity contribution in [3.05, 3.63) is 21.9 Å². The minimum absolute atomic E-state index is 0.343. The lowest BCUT2D eigenvalue weighted by molar-refractivity contribution is 0.0605. The molecule has 0 unspecified atom stereocenters. The second-order valence-corrected chi connectivity index (χ2v) is 3.41. The van der Waals surface area contributed by atoms with Gasteiger partial charge < -0.3 is 4.74 Å². The Bertz CT molecular complexity index is 366. The predicted molar refractivity (Wildman–Crippen MR) is 52.4 cm³/mol. The molecule has 0 aliphatic heterocycles. The third kappa shape index (κ3) is 2.52. The molecule has 0 fully saturated rings. The molecule has 14 heavy (non-hydrogen) atoms. The zero-order chi connectivity index (χ0) is 10.4. The van der Waals surface area contributed by atoms with E-state index in [1.54, 1.807) is 0 Å². The van der Waals surface area contributed by atoms with Gasteiger partial charge in [0.2, 0.25) is 6.08 Å². The zero-order valence-electron chi connectivity index (χ0n) is 7.65. The van der Waals surface area contributed by atoms with Crippen molar-refractivity contribution in [3.8, 4) is 0 Å². The summed E-state index contributed by atoms with van der Waals surface area (Å²) in [7, 11) is 1.34. The Morgan fingerprint density at radius 1 is 1.71 bits per heavy atom. The number of hydrogen-bond donors (Lipinski definition) is 0. The number of carbonyl (C=O) groups is 1. The molecule has 1 heterocycles. The van der Waals surface area contributed by atoms with Crippen LogP contribution in [0.15, 0.2) is 16.4 Å². The largest absolute Gasteiger partial charge is 0.465 e. The van der Waals surface area contributed by atoms with E-state index >= 15 is 0 Å². The zero-order valence-corrected chi connectivity index (χ0v) is 8.47. The third-order valence-electron chi connectivity index (χ3n) is 1.68. The number of nitrogens with zero attached hydrogens (tertiary/aromatic N) is 1. The summed E-state index contributed by atoms with van der Waals surface area (Å²) in [5.41, 5.74) is 0.862. The molecule has 1 aromatic rings. The summed E-state index contributed by atoms with van der Waals surface area (Å²) in [5, 5.41) is 1.81. The maximum absolute atomic E-state index is 11.2. The number of esters is 1. The Kier molecular flexibility index (Phi) is 4.04. The predicted octanol–water partition coefficient (Wildman–Crippen LogP) is 1.41. The molecular weight excluding hydrogens is 202 g/mol. The van der Waals surface area contributed by atoms with Crippen LogP contribution in [0.1, 0.15) is 15.2 Å². The second-order valence-electron chi connectivity index (χ2n) is 2.49. The van der Waals surface area contributed by atoms with Crippen LogP contribution < -0.4 is 0 Å². The highest BCUT2D eigenvalue weighted by molar-refractivity contribution is 7.12. The highest BCUT2D eigenvalue weighted by Gasteiger charge is 2.12. The van der Waals surface area contributed by atoms with Gasteiger partial charge in [-0.1, -0.05) is 0 Å². The van der Waals surface area contributed by atoms with E-state index in [1.807, 2.05) is 11.4 Å². The Hall–Kier alpha value is -1.45. The topological polar surface area (TPSA) is 55.7 Å². The molecule has 4 nitrogen and oxygen atoms in total. The molecule has 74 valence electrons. The van der Waals surface area contributed by atoms with Crippen LogP contribution >= 0.6 is 11.3 Å². The minimum Gasteiger partial charge on any atom is -0.465 e. The van der Waals surface area contributed by atoms with Crippen LogP contribution in [0.2, 0.25) is 0 Å². The van der Waals surface area contributed by atoms with Gasteiger partial charge in [0, 0.05) is 0 Å². The summed E-state index contributed by atoms with van der Waals surface area (Å²) in [5.74, 6) is -0.343. The molecule has 0 aliphatic rings. The number of ether oxygens (including phenoxy) is 1. The van der Waals surface area contributed by atoms with E-state index in [2.05, 4.69) is 9.73 Å². The molecule has 0 N–H and O–H groups in total. The van der Waals surface area contributed by atoms with Crippen LogP contribution in [0.5, 0.6) is 0 Å². The van der Waals surface area contributed by atoms with Crippen LogP contribution in [0.3, 0.4) is 0 Å². The number of methoxy groups -OCH3 is 1. The lowest BCUT2D eigenvalue weighted by Crippen LogP contribution is -2.02. The molecule has 0 saturated heterocycles. The summed E-state index contributed by atoms with van der Waals surface area (Å²) in [4.78, 5) is 25.0. The average molecular weight is 211 g/mol. The van der Waals surface area contributed by atoms with Crippen LogP contribution in [0.25, 0.3) is 0 Å². The Morgan fingerprint density at radius 3 is 3.14 bits per heavy atom. The number of rotatable bonds is 4. The quantitative estimate of drug-likeness (QED) is 0.430. The van der Waals surface area contributed by atoms with Crippen LogP contribution in [-0.4, -0.2) is 25.7 Å². The summed E-state index contributed by atoms with van der Waals surface area (Å²) in [6.07, 6.45) is 2.01. The first-order chi connectivity index (χ1) is 6.79. The van der Waals surface area contributed by atoms with Gasteiger partial charge in [0.05, 0.1) is 13.7 Å². The van der Waals surface area contributed by atoms with Gasteiger partial charge >= 0.3 is 5.97 Å². The molecule has 1 aromatic heterocycles. The van der Waals surface area contributed by atoms with Crippen molar-refractivity contribution in [1.29, 1.82) is 0 Å². The van der Waals surface area contributed by atoms with E-state index in [1.165, 1.54) is 24.5 Å². The van der Waals surface area contributed by atoms with Crippen molar-refractivity contribution in [2.45, 2.75) is 6.42 Å². The van der Waals surface area contributed by atoms with Crippen molar-refractivity contribution in [3.63, 3.8) is 0 Å². The lowest BCUT2D eigenvalue weighted by atomic mass is 10.2. The average Bonchev–Trinajstić information content (AvgIpc) is 2.65. The lowest BCUT2D eigenvalue weighted by Gasteiger charge is -1.98. The standard InChI is InChI=1S/C9H9NO3S/c1-13-9(12)8-7(3-5-14-8)2-4-10-6-11/h3,5H,2,4H2,1H3. The highest BCUT2D eigenvalue weighted by Crippen LogP contribution is 2.18. The van der Waals surface area contributed by atoms with Gasteiger partial charge in [0.15, 0.2) is 0 Å². The molecule has 0 bridgehead atoms. The number of hydrogen-bond acceptors (Lipinski definition) is 5. The van der Waals surface area contributed by atoms with Crippen molar-refractivity contribution in [2.24, 2.45) is 4.99 Å². The van der Waals surface area contributed by atoms with E-state index in [4.69, 9.17) is 0 Å². The summed E-state index contributed by atoms with van der Waals surface area (Å²) >= 11 is 1.33. The first kappa shape index (κ1) is 10.6. The van der Waals surface area contributed by atoms with Crippen molar-refractivity contribution in [1.82, 2.24) is 0 Å². The fourth-order valence-corrected chi connectivity index (χ4v) is 1.90. The molecule has 0 saturated carbocycles. The first-order valence-electron chi connectivity index (χ1n) is 3.98. The van der Waals surface area contributed by atoms with Gasteiger partial charge in [-0.3, -0.25) is 0 Å². The fourth-order valence-electron chi connectivity index (χ4n) is 1.03. The van der Waals surface area contributed by atoms with Crippen molar-refractivity contribution >= 4 is 23.4 Å². The molecule has 0 spiro atoms. The van der Waals surface area contributed by atoms with Gasteiger partial charge in [0.25, 0.3) is 0 Å². The van der Waals surface area contributed by atoms with Gasteiger partial charge in [-0.05, 0) is 23.4 Å². The van der Waals surface area contributed by atoms with E-state index in [-0.39, 0.29) is 5.97 Å². The highest BCUT2D eigenvalue weighted by atomic mass is 32.1. The fraction of sp³-hybridized carbons (Fsp3) is 0.333. The molecule has 1 rings (SSSR count). The van der Waals surface area contributed by atoms with E-state index in [9.17, 15) is 9.59 Å². The number of carbonyl (C=O) groups excluding carboxylic acids is 2. The molecule has 0 radical (unpaired) electrons. The van der Waals surface area contributed by atoms with Crippen LogP contribution in [-0.2, 0) is 16.0 Å². The SMILES string of the molecule is COC(=O)c1sccc1CCN=C=O. The van der Waals surface area contributed by atoms with Crippen LogP contribution in [0.4, 0.5) is 0 Å². The molecular formula is C9H9NO3S. The minimum atomic E-state index is -0.343. The Labute approximate surface area is 85.2 Å². The summed E-state index contributed by atoms with van der Waals surface area (Å²) in [6.45, 7) is 0.351. The third-order valence-corrected chi connectivity index (χ3v) is 2.61. The molecule has 5 heteroatoms. The summed E-state index contributed by atoms with van der Waals surface area (Å²) in [6, 6.07) is 1.83. The van der Waals surface area contributed by atoms with E-state index in [0.29, 0.717) is 17.8 Å². The van der Waals surface area contributed by atoms with Gasteiger partial charge in [-0.2, -0.15) is 0 Å². The van der Waals surface area contributed by atoms with Gasteiger partial charge in [-0.25, -0.2) is 14.6 Å². The molecule has 0 aliphatic carbocycles. The molecule has 0 aromatic carbocycles. The van der Waals surface area contributed by atoms with E-state index < -0.39 is 0 Å². The maximum atomic E-state index is 11.2. The maximum Gasteiger partial charge on any atom is 0.348 e. The van der Waals surface area contributed by atoms with Gasteiger partial charge in [0.1, 0.15) is 4.88 Å². The normalized spacial score (nSPS) is 9.21.